The Labute approximate surface area is 220 Å². The summed E-state index contributed by atoms with van der Waals surface area (Å²) in [5.41, 5.74) is 3.32. The van der Waals surface area contributed by atoms with Crippen LogP contribution in [0.1, 0.15) is 38.8 Å². The number of nitrogens with one attached hydrogen (secondary N) is 1. The third kappa shape index (κ3) is 6.37. The molecule has 1 N–H and O–H groups in total. The van der Waals surface area contributed by atoms with Crippen molar-refractivity contribution in [2.75, 3.05) is 37.6 Å². The second-order valence-corrected chi connectivity index (χ2v) is 11.0. The number of anilines is 1. The highest BCUT2D eigenvalue weighted by atomic mass is 35.5. The highest BCUT2D eigenvalue weighted by molar-refractivity contribution is 7.13. The first kappa shape index (κ1) is 25.0. The quantitative estimate of drug-likeness (QED) is 0.427. The van der Waals surface area contributed by atoms with E-state index in [0.29, 0.717) is 29.4 Å². The molecule has 2 aliphatic heterocycles. The number of rotatable bonds is 9. The van der Waals surface area contributed by atoms with Crippen LogP contribution in [0.5, 0.6) is 0 Å². The largest absolute Gasteiger partial charge is 0.314 e. The SMILES string of the molecule is O=C(CC1CC(=O)N(c2ccc(CN3CCNCC3)cc2)C1)c1nnc(CCc2ccc(Cl)cc2)s1. The summed E-state index contributed by atoms with van der Waals surface area (Å²) in [6, 6.07) is 16.0. The summed E-state index contributed by atoms with van der Waals surface area (Å²) in [7, 11) is 0. The molecule has 0 bridgehead atoms. The van der Waals surface area contributed by atoms with Gasteiger partial charge in [-0.25, -0.2) is 0 Å². The van der Waals surface area contributed by atoms with E-state index >= 15 is 0 Å². The number of ketones is 1. The number of nitrogens with zero attached hydrogens (tertiary/aromatic N) is 4. The van der Waals surface area contributed by atoms with Crippen molar-refractivity contribution >= 4 is 40.3 Å². The van der Waals surface area contributed by atoms with Crippen LogP contribution in [0.4, 0.5) is 5.69 Å². The van der Waals surface area contributed by atoms with E-state index in [1.54, 1.807) is 0 Å². The van der Waals surface area contributed by atoms with Gasteiger partial charge in [-0.1, -0.05) is 47.2 Å². The predicted octanol–water partition coefficient (Wildman–Crippen LogP) is 4.01. The van der Waals surface area contributed by atoms with Crippen molar-refractivity contribution in [3.05, 3.63) is 74.7 Å². The minimum atomic E-state index is -0.0312. The van der Waals surface area contributed by atoms with Gasteiger partial charge in [0.1, 0.15) is 5.01 Å². The highest BCUT2D eigenvalue weighted by Gasteiger charge is 2.32. The Morgan fingerprint density at radius 1 is 1.00 bits per heavy atom. The number of hydrogen-bond donors (Lipinski definition) is 1. The first-order valence-electron chi connectivity index (χ1n) is 12.5. The Kier molecular flexibility index (Phi) is 8.06. The Bertz CT molecular complexity index is 1190. The van der Waals surface area contributed by atoms with Crippen LogP contribution in [0.2, 0.25) is 5.02 Å². The number of benzene rings is 2. The topological polar surface area (TPSA) is 78.4 Å². The predicted molar refractivity (Wildman–Crippen MR) is 143 cm³/mol. The molecule has 9 heteroatoms. The fourth-order valence-electron chi connectivity index (χ4n) is 4.80. The van der Waals surface area contributed by atoms with Crippen LogP contribution in [0.3, 0.4) is 0 Å². The molecule has 3 heterocycles. The molecule has 0 aliphatic carbocycles. The number of halogens is 1. The second-order valence-electron chi connectivity index (χ2n) is 9.52. The van der Waals surface area contributed by atoms with E-state index < -0.39 is 0 Å². The van der Waals surface area contributed by atoms with Gasteiger partial charge in [0.25, 0.3) is 0 Å². The van der Waals surface area contributed by atoms with E-state index in [4.69, 9.17) is 11.6 Å². The monoisotopic (exact) mass is 523 g/mol. The summed E-state index contributed by atoms with van der Waals surface area (Å²) < 4.78 is 0. The van der Waals surface area contributed by atoms with Crippen LogP contribution in [-0.4, -0.2) is 59.5 Å². The van der Waals surface area contributed by atoms with Gasteiger partial charge in [-0.2, -0.15) is 0 Å². The standard InChI is InChI=1S/C27H30ClN5O2S/c28-22-6-1-19(2-7-22)5-10-25-30-31-27(36-25)24(34)15-21-16-26(35)33(18-21)23-8-3-20(4-9-23)17-32-13-11-29-12-14-32/h1-4,6-9,21,29H,5,10-18H2. The molecule has 1 unspecified atom stereocenters. The lowest BCUT2D eigenvalue weighted by molar-refractivity contribution is -0.117. The van der Waals surface area contributed by atoms with E-state index in [9.17, 15) is 9.59 Å². The molecular weight excluding hydrogens is 494 g/mol. The molecule has 2 fully saturated rings. The Morgan fingerprint density at radius 2 is 1.72 bits per heavy atom. The van der Waals surface area contributed by atoms with Gasteiger partial charge < -0.3 is 10.2 Å². The van der Waals surface area contributed by atoms with Crippen molar-refractivity contribution in [1.29, 1.82) is 0 Å². The number of carbonyl (C=O) groups is 2. The maximum atomic E-state index is 12.9. The van der Waals surface area contributed by atoms with Gasteiger partial charge in [-0.05, 0) is 47.7 Å². The molecule has 0 radical (unpaired) electrons. The number of carbonyl (C=O) groups excluding carboxylic acids is 2. The Morgan fingerprint density at radius 3 is 2.47 bits per heavy atom. The van der Waals surface area contributed by atoms with Gasteiger partial charge in [-0.15, -0.1) is 10.2 Å². The van der Waals surface area contributed by atoms with Crippen molar-refractivity contribution in [2.45, 2.75) is 32.2 Å². The normalized spacial score (nSPS) is 18.6. The molecule has 2 aliphatic rings. The zero-order valence-corrected chi connectivity index (χ0v) is 21.7. The molecule has 7 nitrogen and oxygen atoms in total. The maximum Gasteiger partial charge on any atom is 0.227 e. The summed E-state index contributed by atoms with van der Waals surface area (Å²) >= 11 is 7.30. The third-order valence-electron chi connectivity index (χ3n) is 6.79. The summed E-state index contributed by atoms with van der Waals surface area (Å²) in [5.74, 6) is 0.0341. The number of aryl methyl sites for hydroxylation is 2. The molecule has 5 rings (SSSR count). The Hall–Kier alpha value is -2.65. The zero-order chi connectivity index (χ0) is 24.9. The number of hydrogen-bond acceptors (Lipinski definition) is 7. The average Bonchev–Trinajstić information content (AvgIpc) is 3.51. The van der Waals surface area contributed by atoms with Crippen LogP contribution in [0, 0.1) is 5.92 Å². The number of Topliss-reactive ketones (excluding diaryl/α,β-unsaturated/α-hetero) is 1. The van der Waals surface area contributed by atoms with Crippen molar-refractivity contribution < 1.29 is 9.59 Å². The van der Waals surface area contributed by atoms with E-state index in [1.807, 2.05) is 41.3 Å². The molecule has 0 saturated carbocycles. The second kappa shape index (κ2) is 11.6. The number of amides is 1. The lowest BCUT2D eigenvalue weighted by atomic mass is 10.0. The minimum absolute atomic E-state index is 0.00746. The summed E-state index contributed by atoms with van der Waals surface area (Å²) in [4.78, 5) is 29.8. The summed E-state index contributed by atoms with van der Waals surface area (Å²) in [5, 5.41) is 13.7. The molecule has 188 valence electrons. The fourth-order valence-corrected chi connectivity index (χ4v) is 5.71. The van der Waals surface area contributed by atoms with E-state index in [-0.39, 0.29) is 17.6 Å². The number of aromatic nitrogens is 2. The van der Waals surface area contributed by atoms with Crippen molar-refractivity contribution in [3.8, 4) is 0 Å². The highest BCUT2D eigenvalue weighted by Crippen LogP contribution is 2.29. The van der Waals surface area contributed by atoms with Crippen LogP contribution in [0.25, 0.3) is 0 Å². The van der Waals surface area contributed by atoms with Gasteiger partial charge in [0, 0.05) is 69.2 Å². The molecule has 1 amide bonds. The average molecular weight is 524 g/mol. The Balaban J connectivity index is 1.12. The third-order valence-corrected chi connectivity index (χ3v) is 8.07. The summed E-state index contributed by atoms with van der Waals surface area (Å²) in [6.45, 7) is 5.66. The molecule has 1 aromatic heterocycles. The molecule has 36 heavy (non-hydrogen) atoms. The van der Waals surface area contributed by atoms with Crippen molar-refractivity contribution in [2.24, 2.45) is 5.92 Å². The molecule has 1 atom stereocenters. The summed E-state index contributed by atoms with van der Waals surface area (Å²) in [6.07, 6.45) is 2.25. The van der Waals surface area contributed by atoms with E-state index in [2.05, 4.69) is 32.5 Å². The smallest absolute Gasteiger partial charge is 0.227 e. The molecule has 2 saturated heterocycles. The molecule has 0 spiro atoms. The minimum Gasteiger partial charge on any atom is -0.314 e. The number of piperazine rings is 1. The van der Waals surface area contributed by atoms with Crippen LogP contribution >= 0.6 is 22.9 Å². The van der Waals surface area contributed by atoms with Gasteiger partial charge in [0.05, 0.1) is 0 Å². The fraction of sp³-hybridized carbons (Fsp3) is 0.407. The molecule has 3 aromatic rings. The van der Waals surface area contributed by atoms with Crippen molar-refractivity contribution in [3.63, 3.8) is 0 Å². The zero-order valence-electron chi connectivity index (χ0n) is 20.2. The molecular formula is C27H30ClN5O2S. The van der Waals surface area contributed by atoms with Crippen molar-refractivity contribution in [1.82, 2.24) is 20.4 Å². The van der Waals surface area contributed by atoms with Crippen LogP contribution in [-0.2, 0) is 24.2 Å². The molecule has 2 aromatic carbocycles. The van der Waals surface area contributed by atoms with Gasteiger partial charge in [-0.3, -0.25) is 14.5 Å². The van der Waals surface area contributed by atoms with Crippen LogP contribution in [0.15, 0.2) is 48.5 Å². The lowest BCUT2D eigenvalue weighted by Crippen LogP contribution is -2.42. The van der Waals surface area contributed by atoms with Gasteiger partial charge >= 0.3 is 0 Å². The van der Waals surface area contributed by atoms with Crippen LogP contribution < -0.4 is 10.2 Å². The van der Waals surface area contributed by atoms with Gasteiger partial charge in [0.15, 0.2) is 10.8 Å². The van der Waals surface area contributed by atoms with Gasteiger partial charge in [0.2, 0.25) is 5.91 Å². The van der Waals surface area contributed by atoms with E-state index in [1.165, 1.54) is 22.5 Å². The first-order chi connectivity index (χ1) is 17.5. The maximum absolute atomic E-state index is 12.9. The lowest BCUT2D eigenvalue weighted by Gasteiger charge is -2.27. The first-order valence-corrected chi connectivity index (χ1v) is 13.7. The van der Waals surface area contributed by atoms with E-state index in [0.717, 1.165) is 56.3 Å².